The molecule has 2 aromatic rings. The fourth-order valence-corrected chi connectivity index (χ4v) is 5.32. The summed E-state index contributed by atoms with van der Waals surface area (Å²) < 4.78 is 86.4. The molecule has 0 bridgehead atoms. The van der Waals surface area contributed by atoms with Crippen LogP contribution in [-0.2, 0) is 25.3 Å². The Balaban J connectivity index is 2.46. The van der Waals surface area contributed by atoms with E-state index in [-0.39, 0.29) is 29.3 Å². The lowest BCUT2D eigenvalue weighted by atomic mass is 9.96. The summed E-state index contributed by atoms with van der Waals surface area (Å²) in [6.07, 6.45) is 0. The maximum Gasteiger partial charge on any atom is 0.380 e. The van der Waals surface area contributed by atoms with Gasteiger partial charge in [0.15, 0.2) is 0 Å². The minimum Gasteiger partial charge on any atom is -0.428 e. The van der Waals surface area contributed by atoms with Crippen LogP contribution in [0.15, 0.2) is 20.6 Å². The molecule has 0 saturated heterocycles. The molecular weight excluding hydrogens is 422 g/mol. The van der Waals surface area contributed by atoms with Crippen molar-refractivity contribution >= 4 is 59.1 Å². The zero-order chi connectivity index (χ0) is 18.9. The van der Waals surface area contributed by atoms with Gasteiger partial charge >= 0.3 is 17.8 Å². The predicted molar refractivity (Wildman–Crippen MR) is 91.0 cm³/mol. The van der Waals surface area contributed by atoms with Gasteiger partial charge in [-0.25, -0.2) is 0 Å². The highest BCUT2D eigenvalue weighted by Gasteiger charge is 2.80. The van der Waals surface area contributed by atoms with E-state index in [4.69, 9.17) is 25.3 Å². The maximum atomic E-state index is 14.5. The third kappa shape index (κ3) is 2.44. The first-order chi connectivity index (χ1) is 11.3. The van der Waals surface area contributed by atoms with Gasteiger partial charge in [0.05, 0.1) is 0 Å². The summed E-state index contributed by atoms with van der Waals surface area (Å²) >= 11 is 11.6. The van der Waals surface area contributed by atoms with E-state index in [1.165, 1.54) is 13.8 Å². The highest BCUT2D eigenvalue weighted by Crippen LogP contribution is 2.65. The molecule has 2 heterocycles. The molecule has 0 aromatic carbocycles. The lowest BCUT2D eigenvalue weighted by Crippen LogP contribution is -2.48. The molecule has 2 aromatic heterocycles. The molecule has 0 nitrogen and oxygen atoms in total. The number of rotatable bonds is 2. The summed E-state index contributed by atoms with van der Waals surface area (Å²) in [5, 5.41) is 0. The van der Waals surface area contributed by atoms with E-state index in [0.29, 0.717) is 0 Å². The number of aryl methyl sites for hydroxylation is 2. The molecule has 0 radical (unpaired) electrons. The molecule has 0 spiro atoms. The van der Waals surface area contributed by atoms with E-state index in [9.17, 15) is 26.3 Å². The van der Waals surface area contributed by atoms with Gasteiger partial charge in [-0.1, -0.05) is 21.9 Å². The Morgan fingerprint density at radius 3 is 1.28 bits per heavy atom. The van der Waals surface area contributed by atoms with E-state index in [1.54, 1.807) is 0 Å². The Kier molecular flexibility index (Phi) is 4.22. The molecule has 0 unspecified atom stereocenters. The van der Waals surface area contributed by atoms with Gasteiger partial charge in [0, 0.05) is 11.1 Å². The highest BCUT2D eigenvalue weighted by atomic mass is 32.2. The fraction of sp³-hybridized carbons (Fsp3) is 0.333. The van der Waals surface area contributed by atoms with Crippen LogP contribution in [0.2, 0.25) is 0 Å². The minimum absolute atomic E-state index is 0.152. The second-order valence-electron chi connectivity index (χ2n) is 5.54. The molecule has 1 aliphatic rings. The lowest BCUT2D eigenvalue weighted by Gasteiger charge is -2.26. The van der Waals surface area contributed by atoms with Crippen LogP contribution in [0, 0.1) is 13.8 Å². The summed E-state index contributed by atoms with van der Waals surface area (Å²) in [4.78, 5) is 0.356. The topological polar surface area (TPSA) is 0 Å². The normalized spacial score (nSPS) is 21.1. The van der Waals surface area contributed by atoms with Gasteiger partial charge in [0.25, 0.3) is 0 Å². The van der Waals surface area contributed by atoms with Crippen molar-refractivity contribution in [3.63, 3.8) is 0 Å². The molecule has 0 amide bonds. The first-order valence-electron chi connectivity index (χ1n) is 6.76. The van der Waals surface area contributed by atoms with E-state index in [2.05, 4.69) is 0 Å². The van der Waals surface area contributed by atoms with Gasteiger partial charge in [-0.15, -0.1) is 8.42 Å². The zero-order valence-corrected chi connectivity index (χ0v) is 15.8. The lowest BCUT2D eigenvalue weighted by molar-refractivity contribution is -0.254. The highest BCUT2D eigenvalue weighted by molar-refractivity contribution is 7.63. The maximum absolute atomic E-state index is 14.5. The SMILES string of the molecule is Cc1sc([S-])cc1C1=C(c2cc([S-])sc2C)C(F)(F)C(F)(F)C1(F)F. The van der Waals surface area contributed by atoms with Gasteiger partial charge in [-0.2, -0.15) is 26.3 Å². The van der Waals surface area contributed by atoms with Crippen molar-refractivity contribution in [1.82, 2.24) is 0 Å². The van der Waals surface area contributed by atoms with Gasteiger partial charge < -0.3 is 47.9 Å². The van der Waals surface area contributed by atoms with E-state index in [1.807, 2.05) is 0 Å². The number of hydrogen-bond acceptors (Lipinski definition) is 4. The summed E-state index contributed by atoms with van der Waals surface area (Å²) in [5.41, 5.74) is -3.49. The standard InChI is InChI=1S/C15H10F6S4/c1-5-7(3-9(22)24-5)11-12(8-4-10(23)25-6(8)2)14(18,19)15(20,21)13(11,16)17/h3-4,22-23H,1-2H3/p-2. The zero-order valence-electron chi connectivity index (χ0n) is 12.6. The Labute approximate surface area is 158 Å². The molecule has 3 rings (SSSR count). The van der Waals surface area contributed by atoms with Crippen molar-refractivity contribution in [1.29, 1.82) is 0 Å². The van der Waals surface area contributed by atoms with E-state index < -0.39 is 28.9 Å². The third-order valence-corrected chi connectivity index (χ3v) is 6.42. The Bertz CT molecular complexity index is 820. The average Bonchev–Trinajstić information content (AvgIpc) is 2.98. The van der Waals surface area contributed by atoms with Crippen molar-refractivity contribution < 1.29 is 26.3 Å². The summed E-state index contributed by atoms with van der Waals surface area (Å²) in [5.74, 6) is -15.7. The van der Waals surface area contributed by atoms with Crippen LogP contribution in [-0.4, -0.2) is 17.8 Å². The second kappa shape index (κ2) is 5.58. The first-order valence-corrected chi connectivity index (χ1v) is 9.21. The van der Waals surface area contributed by atoms with Gasteiger partial charge in [0.2, 0.25) is 0 Å². The van der Waals surface area contributed by atoms with Crippen molar-refractivity contribution in [3.05, 3.63) is 33.0 Å². The first kappa shape index (κ1) is 18.9. The molecule has 25 heavy (non-hydrogen) atoms. The average molecular weight is 430 g/mol. The van der Waals surface area contributed by atoms with E-state index in [0.717, 1.165) is 34.8 Å². The molecule has 0 N–H and O–H groups in total. The van der Waals surface area contributed by atoms with Crippen LogP contribution in [0.4, 0.5) is 26.3 Å². The van der Waals surface area contributed by atoms with Crippen LogP contribution in [0.5, 0.6) is 0 Å². The fourth-order valence-electron chi connectivity index (χ4n) is 2.84. The van der Waals surface area contributed by atoms with Crippen LogP contribution in [0.25, 0.3) is 11.1 Å². The Morgan fingerprint density at radius 1 is 0.720 bits per heavy atom. The number of alkyl halides is 6. The molecule has 1 aliphatic carbocycles. The monoisotopic (exact) mass is 430 g/mol. The number of hydrogen-bond donors (Lipinski definition) is 0. The number of thiophene rings is 2. The van der Waals surface area contributed by atoms with Gasteiger partial charge in [-0.05, 0) is 25.0 Å². The van der Waals surface area contributed by atoms with E-state index >= 15 is 0 Å². The van der Waals surface area contributed by atoms with Crippen molar-refractivity contribution in [2.75, 3.05) is 0 Å². The molecule has 10 heteroatoms. The second-order valence-corrected chi connectivity index (χ2v) is 9.45. The van der Waals surface area contributed by atoms with Crippen LogP contribution >= 0.6 is 22.7 Å². The smallest absolute Gasteiger partial charge is 0.380 e. The molecule has 0 saturated carbocycles. The number of halogens is 6. The minimum atomic E-state index is -5.56. The molecule has 0 aliphatic heterocycles. The molecule has 0 fully saturated rings. The molecular formula is C15H8F6S4-2. The van der Waals surface area contributed by atoms with Crippen LogP contribution in [0.1, 0.15) is 20.9 Å². The quantitative estimate of drug-likeness (QED) is 0.419. The van der Waals surface area contributed by atoms with Crippen molar-refractivity contribution in [2.24, 2.45) is 0 Å². The summed E-state index contributed by atoms with van der Waals surface area (Å²) in [6, 6.07) is 2.12. The van der Waals surface area contributed by atoms with Gasteiger partial charge in [-0.3, -0.25) is 0 Å². The van der Waals surface area contributed by atoms with Crippen molar-refractivity contribution in [3.8, 4) is 0 Å². The third-order valence-electron chi connectivity index (χ3n) is 4.00. The van der Waals surface area contributed by atoms with Crippen LogP contribution < -0.4 is 0 Å². The largest absolute Gasteiger partial charge is 0.428 e. The molecule has 136 valence electrons. The summed E-state index contributed by atoms with van der Waals surface area (Å²) in [7, 11) is 0. The summed E-state index contributed by atoms with van der Waals surface area (Å²) in [6.45, 7) is 2.76. The van der Waals surface area contributed by atoms with Crippen molar-refractivity contribution in [2.45, 2.75) is 40.0 Å². The Hall–Kier alpha value is -0.840. The van der Waals surface area contributed by atoms with Crippen LogP contribution in [0.3, 0.4) is 0 Å². The predicted octanol–water partition coefficient (Wildman–Crippen LogP) is 6.07. The van der Waals surface area contributed by atoms with Gasteiger partial charge in [0.1, 0.15) is 0 Å². The number of allylic oxidation sites excluding steroid dienone is 2. The Morgan fingerprint density at radius 2 is 1.04 bits per heavy atom. The molecule has 0 atom stereocenters.